The van der Waals surface area contributed by atoms with Gasteiger partial charge in [0.15, 0.2) is 0 Å². The molecular weight excluding hydrogens is 344 g/mol. The van der Waals surface area contributed by atoms with Crippen LogP contribution in [-0.4, -0.2) is 9.97 Å². The molecule has 27 heavy (non-hydrogen) atoms. The van der Waals surface area contributed by atoms with Crippen LogP contribution in [0.3, 0.4) is 0 Å². The average molecular weight is 362 g/mol. The van der Waals surface area contributed by atoms with E-state index in [2.05, 4.69) is 9.97 Å². The Morgan fingerprint density at radius 3 is 2.67 bits per heavy atom. The Morgan fingerprint density at radius 1 is 1.11 bits per heavy atom. The maximum Gasteiger partial charge on any atom is 0.337 e. The minimum absolute atomic E-state index is 0.0104. The predicted octanol–water partition coefficient (Wildman–Crippen LogP) is 3.73. The van der Waals surface area contributed by atoms with Gasteiger partial charge in [0.05, 0.1) is 0 Å². The minimum Gasteiger partial charge on any atom is -0.457 e. The SMILES string of the molecule is CCc1cc(=O)oc2nc(O[C@H](C)c3ccc4ccccc4c3)[nH]c(=O)c12. The molecule has 1 atom stereocenters. The van der Waals surface area contributed by atoms with Crippen LogP contribution in [-0.2, 0) is 6.42 Å². The molecule has 4 rings (SSSR count). The van der Waals surface area contributed by atoms with E-state index in [-0.39, 0.29) is 28.8 Å². The summed E-state index contributed by atoms with van der Waals surface area (Å²) in [5.74, 6) is 0. The number of fused-ring (bicyclic) bond motifs is 2. The first-order valence-corrected chi connectivity index (χ1v) is 8.77. The van der Waals surface area contributed by atoms with E-state index in [9.17, 15) is 9.59 Å². The molecule has 2 aromatic carbocycles. The number of H-pyrrole nitrogens is 1. The Morgan fingerprint density at radius 2 is 1.89 bits per heavy atom. The van der Waals surface area contributed by atoms with Crippen molar-refractivity contribution in [3.8, 4) is 6.01 Å². The summed E-state index contributed by atoms with van der Waals surface area (Å²) in [6.45, 7) is 3.73. The van der Waals surface area contributed by atoms with Crippen LogP contribution in [0.5, 0.6) is 6.01 Å². The molecule has 0 aliphatic carbocycles. The number of aromatic nitrogens is 2. The first kappa shape index (κ1) is 17.0. The van der Waals surface area contributed by atoms with E-state index < -0.39 is 5.63 Å². The summed E-state index contributed by atoms with van der Waals surface area (Å²) >= 11 is 0. The van der Waals surface area contributed by atoms with Gasteiger partial charge in [0, 0.05) is 6.07 Å². The van der Waals surface area contributed by atoms with E-state index >= 15 is 0 Å². The number of aryl methyl sites for hydroxylation is 1. The third-order valence-corrected chi connectivity index (χ3v) is 4.59. The van der Waals surface area contributed by atoms with Crippen LogP contribution in [0.4, 0.5) is 0 Å². The second-order valence-electron chi connectivity index (χ2n) is 6.36. The maximum absolute atomic E-state index is 12.4. The van der Waals surface area contributed by atoms with Crippen molar-refractivity contribution in [2.75, 3.05) is 0 Å². The first-order chi connectivity index (χ1) is 13.0. The zero-order valence-corrected chi connectivity index (χ0v) is 15.0. The van der Waals surface area contributed by atoms with Gasteiger partial charge in [-0.2, -0.15) is 4.98 Å². The quantitative estimate of drug-likeness (QED) is 0.598. The van der Waals surface area contributed by atoms with Gasteiger partial charge in [-0.1, -0.05) is 43.3 Å². The monoisotopic (exact) mass is 362 g/mol. The molecule has 0 aliphatic rings. The summed E-state index contributed by atoms with van der Waals surface area (Å²) in [5.41, 5.74) is 0.612. The maximum atomic E-state index is 12.4. The summed E-state index contributed by atoms with van der Waals surface area (Å²) in [7, 11) is 0. The van der Waals surface area contributed by atoms with Crippen molar-refractivity contribution < 1.29 is 9.15 Å². The fourth-order valence-electron chi connectivity index (χ4n) is 3.16. The van der Waals surface area contributed by atoms with E-state index in [1.54, 1.807) is 0 Å². The molecule has 6 heteroatoms. The Kier molecular flexibility index (Phi) is 4.24. The molecule has 2 heterocycles. The van der Waals surface area contributed by atoms with E-state index in [1.807, 2.05) is 56.3 Å². The number of ether oxygens (including phenoxy) is 1. The highest BCUT2D eigenvalue weighted by atomic mass is 16.5. The number of hydrogen-bond acceptors (Lipinski definition) is 5. The molecule has 6 nitrogen and oxygen atoms in total. The molecule has 1 N–H and O–H groups in total. The fraction of sp³-hybridized carbons (Fsp3) is 0.190. The van der Waals surface area contributed by atoms with Gasteiger partial charge < -0.3 is 9.15 Å². The number of benzene rings is 2. The number of nitrogens with zero attached hydrogens (tertiary/aromatic N) is 1. The molecule has 0 fully saturated rings. The lowest BCUT2D eigenvalue weighted by molar-refractivity contribution is 0.207. The molecule has 0 saturated heterocycles. The van der Waals surface area contributed by atoms with Gasteiger partial charge in [0.25, 0.3) is 11.6 Å². The van der Waals surface area contributed by atoms with E-state index in [0.29, 0.717) is 12.0 Å². The molecule has 4 aromatic rings. The summed E-state index contributed by atoms with van der Waals surface area (Å²) in [4.78, 5) is 31.0. The van der Waals surface area contributed by atoms with Crippen LogP contribution in [0.15, 0.2) is 62.5 Å². The van der Waals surface area contributed by atoms with Gasteiger partial charge in [-0.3, -0.25) is 9.78 Å². The van der Waals surface area contributed by atoms with Crippen molar-refractivity contribution in [3.63, 3.8) is 0 Å². The van der Waals surface area contributed by atoms with Gasteiger partial charge in [-0.25, -0.2) is 4.79 Å². The van der Waals surface area contributed by atoms with Gasteiger partial charge in [0.1, 0.15) is 11.5 Å². The minimum atomic E-state index is -0.536. The normalized spacial score (nSPS) is 12.4. The van der Waals surface area contributed by atoms with Crippen molar-refractivity contribution in [1.29, 1.82) is 0 Å². The Labute approximate surface area is 154 Å². The topological polar surface area (TPSA) is 85.2 Å². The second-order valence-corrected chi connectivity index (χ2v) is 6.36. The Hall–Kier alpha value is -3.41. The molecule has 0 bridgehead atoms. The smallest absolute Gasteiger partial charge is 0.337 e. The van der Waals surface area contributed by atoms with Gasteiger partial charge >= 0.3 is 5.63 Å². The lowest BCUT2D eigenvalue weighted by Crippen LogP contribution is -2.16. The second kappa shape index (κ2) is 6.72. The van der Waals surface area contributed by atoms with E-state index in [4.69, 9.17) is 9.15 Å². The van der Waals surface area contributed by atoms with Crippen molar-refractivity contribution in [3.05, 3.63) is 80.4 Å². The molecule has 0 saturated carbocycles. The molecule has 0 unspecified atom stereocenters. The van der Waals surface area contributed by atoms with Crippen LogP contribution >= 0.6 is 0 Å². The lowest BCUT2D eigenvalue weighted by Gasteiger charge is -2.15. The van der Waals surface area contributed by atoms with E-state index in [1.165, 1.54) is 6.07 Å². The van der Waals surface area contributed by atoms with Crippen molar-refractivity contribution in [2.24, 2.45) is 0 Å². The average Bonchev–Trinajstić information content (AvgIpc) is 2.66. The van der Waals surface area contributed by atoms with Crippen LogP contribution < -0.4 is 15.9 Å². The molecule has 0 amide bonds. The molecule has 136 valence electrons. The summed E-state index contributed by atoms with van der Waals surface area (Å²) < 4.78 is 10.9. The highest BCUT2D eigenvalue weighted by Crippen LogP contribution is 2.23. The van der Waals surface area contributed by atoms with Gasteiger partial charge in [-0.15, -0.1) is 0 Å². The van der Waals surface area contributed by atoms with Crippen LogP contribution in [0.25, 0.3) is 21.9 Å². The zero-order chi connectivity index (χ0) is 19.0. The Balaban J connectivity index is 1.71. The zero-order valence-electron chi connectivity index (χ0n) is 15.0. The molecule has 0 spiro atoms. The molecule has 0 aliphatic heterocycles. The summed E-state index contributed by atoms with van der Waals surface area (Å²) in [5, 5.41) is 2.52. The number of rotatable bonds is 4. The van der Waals surface area contributed by atoms with Crippen LogP contribution in [0.1, 0.15) is 31.1 Å². The highest BCUT2D eigenvalue weighted by molar-refractivity contribution is 5.83. The number of nitrogens with one attached hydrogen (secondary N) is 1. The number of aromatic amines is 1. The third-order valence-electron chi connectivity index (χ3n) is 4.59. The molecular formula is C21H18N2O4. The van der Waals surface area contributed by atoms with Gasteiger partial charge in [0.2, 0.25) is 5.71 Å². The summed E-state index contributed by atoms with van der Waals surface area (Å²) in [6.07, 6.45) is 0.178. The standard InChI is InChI=1S/C21H18N2O4/c1-3-13-11-17(24)27-20-18(13)19(25)22-21(23-20)26-12(2)15-9-8-14-6-4-5-7-16(14)10-15/h4-12H,3H2,1-2H3,(H,22,23,25)/t12-/m1/s1. The fourth-order valence-corrected chi connectivity index (χ4v) is 3.16. The van der Waals surface area contributed by atoms with Crippen molar-refractivity contribution >= 4 is 21.9 Å². The summed E-state index contributed by atoms with van der Waals surface area (Å²) in [6, 6.07) is 15.4. The Bertz CT molecular complexity index is 1260. The molecule has 2 aromatic heterocycles. The third kappa shape index (κ3) is 3.21. The predicted molar refractivity (Wildman–Crippen MR) is 103 cm³/mol. The van der Waals surface area contributed by atoms with E-state index in [0.717, 1.165) is 16.3 Å². The first-order valence-electron chi connectivity index (χ1n) is 8.77. The molecule has 0 radical (unpaired) electrons. The van der Waals surface area contributed by atoms with Crippen molar-refractivity contribution in [1.82, 2.24) is 9.97 Å². The highest BCUT2D eigenvalue weighted by Gasteiger charge is 2.15. The lowest BCUT2D eigenvalue weighted by atomic mass is 10.0. The van der Waals surface area contributed by atoms with Crippen molar-refractivity contribution in [2.45, 2.75) is 26.4 Å². The largest absolute Gasteiger partial charge is 0.457 e. The van der Waals surface area contributed by atoms with Gasteiger partial charge in [-0.05, 0) is 41.3 Å². The van der Waals surface area contributed by atoms with Crippen LogP contribution in [0.2, 0.25) is 0 Å². The van der Waals surface area contributed by atoms with Crippen LogP contribution in [0, 0.1) is 0 Å². The number of hydrogen-bond donors (Lipinski definition) is 1.